The standard InChI is InChI=1S/C18H25NO3/c1-12(2)11-14-6-8-15(9-7-14)13(3)17(20)19-10-4-5-16(19)18(21)22/h6-9,12-13,16H,4-5,10-11H2,1-3H3,(H,21,22)/t13?,16-/m0/s1. The third-order valence-corrected chi connectivity index (χ3v) is 4.32. The smallest absolute Gasteiger partial charge is 0.326 e. The van der Waals surface area contributed by atoms with E-state index < -0.39 is 12.0 Å². The van der Waals surface area contributed by atoms with Gasteiger partial charge in [-0.25, -0.2) is 4.79 Å². The topological polar surface area (TPSA) is 57.6 Å². The van der Waals surface area contributed by atoms with Gasteiger partial charge in [-0.05, 0) is 43.2 Å². The van der Waals surface area contributed by atoms with Crippen LogP contribution < -0.4 is 0 Å². The van der Waals surface area contributed by atoms with Crippen LogP contribution in [0.3, 0.4) is 0 Å². The van der Waals surface area contributed by atoms with Crippen molar-refractivity contribution in [1.82, 2.24) is 4.90 Å². The normalized spacial score (nSPS) is 19.5. The summed E-state index contributed by atoms with van der Waals surface area (Å²) in [5.74, 6) is -0.675. The number of carbonyl (C=O) groups is 2. The Balaban J connectivity index is 2.08. The van der Waals surface area contributed by atoms with E-state index in [0.717, 1.165) is 18.4 Å². The Labute approximate surface area is 132 Å². The third-order valence-electron chi connectivity index (χ3n) is 4.32. The average molecular weight is 303 g/mol. The molecule has 4 nitrogen and oxygen atoms in total. The largest absolute Gasteiger partial charge is 0.480 e. The molecule has 1 N–H and O–H groups in total. The molecule has 1 amide bonds. The molecule has 2 atom stereocenters. The molecule has 4 heteroatoms. The minimum absolute atomic E-state index is 0.0819. The van der Waals surface area contributed by atoms with Gasteiger partial charge < -0.3 is 10.0 Å². The summed E-state index contributed by atoms with van der Waals surface area (Å²) in [6.45, 7) is 6.77. The summed E-state index contributed by atoms with van der Waals surface area (Å²) in [5, 5.41) is 9.21. The van der Waals surface area contributed by atoms with Crippen LogP contribution in [0.5, 0.6) is 0 Å². The molecule has 0 radical (unpaired) electrons. The molecule has 1 fully saturated rings. The van der Waals surface area contributed by atoms with Crippen molar-refractivity contribution >= 4 is 11.9 Å². The van der Waals surface area contributed by atoms with E-state index in [1.807, 2.05) is 19.1 Å². The SMILES string of the molecule is CC(C)Cc1ccc(C(C)C(=O)N2CCC[C@H]2C(=O)O)cc1. The van der Waals surface area contributed by atoms with Gasteiger partial charge in [-0.1, -0.05) is 38.1 Å². The van der Waals surface area contributed by atoms with Crippen LogP contribution in [0.2, 0.25) is 0 Å². The molecule has 22 heavy (non-hydrogen) atoms. The molecule has 0 saturated carbocycles. The van der Waals surface area contributed by atoms with Crippen LogP contribution in [0, 0.1) is 5.92 Å². The molecule has 0 spiro atoms. The average Bonchev–Trinajstić information content (AvgIpc) is 2.95. The number of carboxylic acids is 1. The van der Waals surface area contributed by atoms with Gasteiger partial charge in [-0.2, -0.15) is 0 Å². The number of amides is 1. The number of hydrogen-bond donors (Lipinski definition) is 1. The Morgan fingerprint density at radius 1 is 1.23 bits per heavy atom. The molecule has 1 aliphatic heterocycles. The summed E-state index contributed by atoms with van der Waals surface area (Å²) in [5.41, 5.74) is 2.22. The second-order valence-electron chi connectivity index (χ2n) is 6.59. The maximum atomic E-state index is 12.6. The zero-order valence-electron chi connectivity index (χ0n) is 13.6. The van der Waals surface area contributed by atoms with Gasteiger partial charge in [0.25, 0.3) is 0 Å². The van der Waals surface area contributed by atoms with Gasteiger partial charge in [-0.15, -0.1) is 0 Å². The Bertz CT molecular complexity index is 536. The van der Waals surface area contributed by atoms with Gasteiger partial charge in [0.05, 0.1) is 5.92 Å². The first-order valence-electron chi connectivity index (χ1n) is 8.02. The quantitative estimate of drug-likeness (QED) is 0.909. The number of carbonyl (C=O) groups excluding carboxylic acids is 1. The van der Waals surface area contributed by atoms with Crippen LogP contribution in [0.4, 0.5) is 0 Å². The first-order chi connectivity index (χ1) is 10.4. The van der Waals surface area contributed by atoms with Crippen molar-refractivity contribution in [2.24, 2.45) is 5.92 Å². The lowest BCUT2D eigenvalue weighted by atomic mass is 9.95. The molecular weight excluding hydrogens is 278 g/mol. The monoisotopic (exact) mass is 303 g/mol. The van der Waals surface area contributed by atoms with E-state index in [1.165, 1.54) is 10.5 Å². The maximum absolute atomic E-state index is 12.6. The van der Waals surface area contributed by atoms with Gasteiger partial charge in [0, 0.05) is 6.54 Å². The van der Waals surface area contributed by atoms with Gasteiger partial charge in [-0.3, -0.25) is 4.79 Å². The second kappa shape index (κ2) is 6.95. The lowest BCUT2D eigenvalue weighted by molar-refractivity contribution is -0.148. The Morgan fingerprint density at radius 3 is 2.41 bits per heavy atom. The highest BCUT2D eigenvalue weighted by Gasteiger charge is 2.36. The molecule has 1 saturated heterocycles. The maximum Gasteiger partial charge on any atom is 0.326 e. The van der Waals surface area contributed by atoms with Crippen molar-refractivity contribution in [3.63, 3.8) is 0 Å². The summed E-state index contributed by atoms with van der Waals surface area (Å²) >= 11 is 0. The first-order valence-corrected chi connectivity index (χ1v) is 8.02. The van der Waals surface area contributed by atoms with Crippen LogP contribution in [-0.2, 0) is 16.0 Å². The van der Waals surface area contributed by atoms with E-state index in [2.05, 4.69) is 26.0 Å². The van der Waals surface area contributed by atoms with Crippen LogP contribution in [0.1, 0.15) is 50.7 Å². The predicted octanol–water partition coefficient (Wildman–Crippen LogP) is 3.06. The molecule has 0 bridgehead atoms. The number of rotatable bonds is 5. The molecule has 1 aromatic carbocycles. The summed E-state index contributed by atoms with van der Waals surface area (Å²) in [7, 11) is 0. The summed E-state index contributed by atoms with van der Waals surface area (Å²) in [4.78, 5) is 25.3. The van der Waals surface area contributed by atoms with Gasteiger partial charge in [0.1, 0.15) is 6.04 Å². The van der Waals surface area contributed by atoms with E-state index in [0.29, 0.717) is 18.9 Å². The zero-order valence-corrected chi connectivity index (χ0v) is 13.6. The fourth-order valence-electron chi connectivity index (χ4n) is 3.09. The molecule has 1 heterocycles. The van der Waals surface area contributed by atoms with Crippen LogP contribution in [0.25, 0.3) is 0 Å². The minimum Gasteiger partial charge on any atom is -0.480 e. The summed E-state index contributed by atoms with van der Waals surface area (Å²) < 4.78 is 0. The van der Waals surface area contributed by atoms with Crippen molar-refractivity contribution in [2.45, 2.75) is 52.0 Å². The molecule has 0 aliphatic carbocycles. The Morgan fingerprint density at radius 2 is 1.86 bits per heavy atom. The molecule has 1 aliphatic rings. The van der Waals surface area contributed by atoms with E-state index in [-0.39, 0.29) is 11.8 Å². The Kier molecular flexibility index (Phi) is 5.22. The van der Waals surface area contributed by atoms with E-state index in [1.54, 1.807) is 0 Å². The second-order valence-corrected chi connectivity index (χ2v) is 6.59. The molecule has 0 aromatic heterocycles. The first kappa shape index (κ1) is 16.5. The van der Waals surface area contributed by atoms with E-state index in [4.69, 9.17) is 0 Å². The number of aliphatic carboxylic acids is 1. The molecule has 1 unspecified atom stereocenters. The molecule has 120 valence electrons. The highest BCUT2D eigenvalue weighted by Crippen LogP contribution is 2.25. The van der Waals surface area contributed by atoms with Crippen LogP contribution >= 0.6 is 0 Å². The van der Waals surface area contributed by atoms with E-state index >= 15 is 0 Å². The van der Waals surface area contributed by atoms with Crippen LogP contribution in [-0.4, -0.2) is 34.5 Å². The number of benzene rings is 1. The number of nitrogens with zero attached hydrogens (tertiary/aromatic N) is 1. The zero-order chi connectivity index (χ0) is 16.3. The minimum atomic E-state index is -0.898. The Hall–Kier alpha value is -1.84. The highest BCUT2D eigenvalue weighted by molar-refractivity contribution is 5.88. The molecule has 1 aromatic rings. The van der Waals surface area contributed by atoms with Crippen molar-refractivity contribution in [3.05, 3.63) is 35.4 Å². The number of carboxylic acid groups (broad SMARTS) is 1. The van der Waals surface area contributed by atoms with Crippen LogP contribution in [0.15, 0.2) is 24.3 Å². The fraction of sp³-hybridized carbons (Fsp3) is 0.556. The summed E-state index contributed by atoms with van der Waals surface area (Å²) in [6, 6.07) is 7.46. The van der Waals surface area contributed by atoms with Crippen molar-refractivity contribution in [2.75, 3.05) is 6.54 Å². The highest BCUT2D eigenvalue weighted by atomic mass is 16.4. The van der Waals surface area contributed by atoms with E-state index in [9.17, 15) is 14.7 Å². The van der Waals surface area contributed by atoms with Crippen molar-refractivity contribution in [3.8, 4) is 0 Å². The van der Waals surface area contributed by atoms with Crippen molar-refractivity contribution in [1.29, 1.82) is 0 Å². The number of hydrogen-bond acceptors (Lipinski definition) is 2. The number of likely N-dealkylation sites (tertiary alicyclic amines) is 1. The molecule has 2 rings (SSSR count). The van der Waals surface area contributed by atoms with Crippen molar-refractivity contribution < 1.29 is 14.7 Å². The van der Waals surface area contributed by atoms with Gasteiger partial charge in [0.2, 0.25) is 5.91 Å². The van der Waals surface area contributed by atoms with Gasteiger partial charge >= 0.3 is 5.97 Å². The summed E-state index contributed by atoms with van der Waals surface area (Å²) in [6.07, 6.45) is 2.35. The third kappa shape index (κ3) is 3.67. The molecular formula is C18H25NO3. The van der Waals surface area contributed by atoms with Gasteiger partial charge in [0.15, 0.2) is 0 Å². The fourth-order valence-corrected chi connectivity index (χ4v) is 3.09. The lowest BCUT2D eigenvalue weighted by Crippen LogP contribution is -2.42. The predicted molar refractivity (Wildman–Crippen MR) is 85.8 cm³/mol. The lowest BCUT2D eigenvalue weighted by Gasteiger charge is -2.25.